The summed E-state index contributed by atoms with van der Waals surface area (Å²) in [6.45, 7) is 23.8. The van der Waals surface area contributed by atoms with Crippen molar-refractivity contribution in [1.82, 2.24) is 10.6 Å². The van der Waals surface area contributed by atoms with Gasteiger partial charge in [0, 0.05) is 39.4 Å². The number of carbonyl (C=O) groups is 7. The second-order valence-corrected chi connectivity index (χ2v) is 31.7. The van der Waals surface area contributed by atoms with Gasteiger partial charge in [-0.25, -0.2) is 14.4 Å². The zero-order valence-electron chi connectivity index (χ0n) is 58.8. The predicted molar refractivity (Wildman–Crippen MR) is 353 cm³/mol. The average Bonchev–Trinajstić information content (AvgIpc) is 1.08. The minimum Gasteiger partial charge on any atom is -0.455 e. The first kappa shape index (κ1) is 71.8. The van der Waals surface area contributed by atoms with Gasteiger partial charge >= 0.3 is 30.0 Å². The second-order valence-electron chi connectivity index (χ2n) is 31.7. The van der Waals surface area contributed by atoms with E-state index in [4.69, 9.17) is 42.6 Å². The van der Waals surface area contributed by atoms with Crippen LogP contribution in [0.4, 0.5) is 4.79 Å². The number of benzene rings is 2. The number of nitrogens with one attached hydrogen (secondary N) is 2. The number of methoxy groups -OCH3 is 2. The van der Waals surface area contributed by atoms with Crippen molar-refractivity contribution in [2.45, 2.75) is 239 Å². The molecule has 1 aliphatic heterocycles. The van der Waals surface area contributed by atoms with Gasteiger partial charge in [-0.2, -0.15) is 0 Å². The first-order valence-corrected chi connectivity index (χ1v) is 34.9. The first-order valence-electron chi connectivity index (χ1n) is 34.9. The van der Waals surface area contributed by atoms with Crippen molar-refractivity contribution >= 4 is 41.7 Å². The molecule has 8 aliphatic rings. The summed E-state index contributed by atoms with van der Waals surface area (Å²) in [6, 6.07) is 14.9. The Morgan fingerprint density at radius 2 is 1.54 bits per heavy atom. The molecule has 522 valence electrons. The Labute approximate surface area is 561 Å². The van der Waals surface area contributed by atoms with Gasteiger partial charge in [0.2, 0.25) is 12.0 Å². The summed E-state index contributed by atoms with van der Waals surface area (Å²) >= 11 is 0. The molecule has 1 heterocycles. The highest BCUT2D eigenvalue weighted by molar-refractivity contribution is 5.94. The molecule has 1 saturated heterocycles. The summed E-state index contributed by atoms with van der Waals surface area (Å²) in [7, 11) is 2.78. The highest BCUT2D eigenvalue weighted by Gasteiger charge is 2.78. The van der Waals surface area contributed by atoms with Gasteiger partial charge in [0.1, 0.15) is 54.8 Å². The summed E-state index contributed by atoms with van der Waals surface area (Å²) in [6.07, 6.45) is 5.00. The van der Waals surface area contributed by atoms with Crippen LogP contribution in [0.5, 0.6) is 0 Å². The third kappa shape index (κ3) is 13.5. The fourth-order valence-corrected chi connectivity index (χ4v) is 19.6. The molecular weight excluding hydrogens is 1210 g/mol. The van der Waals surface area contributed by atoms with E-state index < -0.39 is 131 Å². The molecule has 19 heteroatoms. The summed E-state index contributed by atoms with van der Waals surface area (Å²) < 4.78 is 56.2. The van der Waals surface area contributed by atoms with Gasteiger partial charge in [0.05, 0.1) is 35.7 Å². The molecule has 2 amide bonds. The normalized spacial score (nSPS) is 35.4. The third-order valence-corrected chi connectivity index (χ3v) is 24.4. The van der Waals surface area contributed by atoms with Gasteiger partial charge in [-0.3, -0.25) is 19.2 Å². The Morgan fingerprint density at radius 3 is 2.17 bits per heavy atom. The maximum absolute atomic E-state index is 16.0. The SMILES string of the molecule is COC1C(=O)C2(C)C(OC)CC3OCC3(OC(C)=O)C2C(OC(=O)c2ccccc2)C2(O)CC(OC(=O)C(OC(=O)CNC(=O)COC3CCC4(C)C(=CCC5C4CCC4(C)C(C(C)CCCC(C)C)CCC54)C3)C(NC(=O)OC(C)(C)C)c3ccccc3)C(C)=C1C2(C)C. The number of hydrogen-bond acceptors (Lipinski definition) is 17. The smallest absolute Gasteiger partial charge is 0.408 e. The van der Waals surface area contributed by atoms with Gasteiger partial charge in [-0.1, -0.05) is 128 Å². The van der Waals surface area contributed by atoms with Crippen molar-refractivity contribution in [2.24, 2.45) is 63.1 Å². The monoisotopic (exact) mass is 1320 g/mol. The van der Waals surface area contributed by atoms with E-state index in [1.807, 2.05) is 0 Å². The molecule has 95 heavy (non-hydrogen) atoms. The maximum Gasteiger partial charge on any atom is 0.408 e. The molecule has 5 saturated carbocycles. The Hall–Kier alpha value is -5.99. The van der Waals surface area contributed by atoms with Gasteiger partial charge in [0.15, 0.2) is 11.4 Å². The van der Waals surface area contributed by atoms with E-state index in [0.29, 0.717) is 22.8 Å². The number of aliphatic hydroxyl groups is 1. The van der Waals surface area contributed by atoms with Crippen molar-refractivity contribution in [3.05, 3.63) is 94.6 Å². The van der Waals surface area contributed by atoms with Crippen molar-refractivity contribution in [2.75, 3.05) is 34.0 Å². The molecule has 7 aliphatic carbocycles. The Morgan fingerprint density at radius 1 is 0.842 bits per heavy atom. The number of esters is 4. The van der Waals surface area contributed by atoms with Crippen LogP contribution in [-0.4, -0.2) is 140 Å². The summed E-state index contributed by atoms with van der Waals surface area (Å²) in [5.74, 6) is -2.11. The number of carbonyl (C=O) groups excluding carboxylic acids is 7. The Kier molecular flexibility index (Phi) is 21.0. The minimum absolute atomic E-state index is 0.0762. The molecule has 19 atom stereocenters. The molecule has 3 N–H and O–H groups in total. The van der Waals surface area contributed by atoms with E-state index in [1.165, 1.54) is 83.8 Å². The molecule has 2 aromatic carbocycles. The van der Waals surface area contributed by atoms with Crippen LogP contribution in [0.2, 0.25) is 0 Å². The first-order chi connectivity index (χ1) is 44.8. The van der Waals surface area contributed by atoms with Crippen LogP contribution < -0.4 is 10.6 Å². The van der Waals surface area contributed by atoms with E-state index in [9.17, 15) is 29.1 Å². The molecular formula is C76H106N2O17. The molecule has 0 aromatic heterocycles. The van der Waals surface area contributed by atoms with Crippen molar-refractivity contribution < 1.29 is 81.3 Å². The number of amides is 2. The number of allylic oxidation sites excluding steroid dienone is 1. The van der Waals surface area contributed by atoms with Crippen molar-refractivity contribution in [3.63, 3.8) is 0 Å². The molecule has 0 spiro atoms. The molecule has 19 nitrogen and oxygen atoms in total. The lowest BCUT2D eigenvalue weighted by molar-refractivity contribution is -0.347. The van der Waals surface area contributed by atoms with Crippen LogP contribution in [0, 0.1) is 63.1 Å². The van der Waals surface area contributed by atoms with Gasteiger partial charge in [-0.05, 0) is 161 Å². The van der Waals surface area contributed by atoms with Crippen LogP contribution in [0.15, 0.2) is 83.5 Å². The summed E-state index contributed by atoms with van der Waals surface area (Å²) in [5.41, 5.74) is -5.57. The number of Topliss-reactive ketones (excluding diaryl/α,β-unsaturated/α-hetero) is 1. The van der Waals surface area contributed by atoms with Gasteiger partial charge in [-0.15, -0.1) is 0 Å². The van der Waals surface area contributed by atoms with Gasteiger partial charge < -0.3 is 58.4 Å². The van der Waals surface area contributed by atoms with E-state index in [1.54, 1.807) is 97.0 Å². The highest BCUT2D eigenvalue weighted by atomic mass is 16.6. The predicted octanol–water partition coefficient (Wildman–Crippen LogP) is 11.7. The molecule has 10 rings (SSSR count). The highest BCUT2D eigenvalue weighted by Crippen LogP contribution is 2.69. The number of alkyl carbamates (subject to hydrolysis) is 1. The molecule has 19 unspecified atom stereocenters. The molecule has 2 aromatic rings. The topological polar surface area (TPSA) is 247 Å². The summed E-state index contributed by atoms with van der Waals surface area (Å²) in [5, 5.41) is 19.6. The number of ether oxygens (including phenoxy) is 9. The Balaban J connectivity index is 0.902. The van der Waals surface area contributed by atoms with E-state index in [2.05, 4.69) is 51.3 Å². The average molecular weight is 1320 g/mol. The van der Waals surface area contributed by atoms with E-state index >= 15 is 9.59 Å². The quantitative estimate of drug-likeness (QED) is 0.0597. The number of hydrogen-bond donors (Lipinski definition) is 3. The largest absolute Gasteiger partial charge is 0.455 e. The number of rotatable bonds is 21. The third-order valence-electron chi connectivity index (χ3n) is 24.4. The van der Waals surface area contributed by atoms with E-state index in [-0.39, 0.29) is 47.9 Å². The van der Waals surface area contributed by atoms with Crippen LogP contribution in [0.25, 0.3) is 0 Å². The standard InChI is InChI=1S/C76H106N2O17/c1-43(2)23-22-24-44(3)52-31-32-53-51-30-29-49-37-50(33-35-72(49,11)54(51)34-36-73(52,53)12)89-41-58(80)77-40-59(81)92-63(61(47-25-18-16-19-26-47)78-69(85)95-70(6,7)8)68(84)91-55-39-76(86)66(93-67(83)48-27-20-17-21-28-48)64-74(13,65(82)62(88-15)60(45(55)4)71(76,9)10)56(87-14)38-57-75(64,42-90-57)94-46(5)79/h16-21,25-29,43-44,50-57,61-64,66,86H,22-24,30-42H2,1-15H3,(H,77,80)(H,78,85). The second kappa shape index (κ2) is 27.7. The lowest BCUT2D eigenvalue weighted by Gasteiger charge is -2.67. The fourth-order valence-electron chi connectivity index (χ4n) is 19.6. The lowest BCUT2D eigenvalue weighted by atomic mass is 9.44. The van der Waals surface area contributed by atoms with Crippen LogP contribution in [-0.2, 0) is 66.6 Å². The maximum atomic E-state index is 16.0. The molecule has 2 bridgehead atoms. The lowest BCUT2D eigenvalue weighted by Crippen LogP contribution is -2.82. The zero-order valence-corrected chi connectivity index (χ0v) is 58.8. The number of ketones is 1. The number of fused-ring (bicyclic) bond motifs is 10. The van der Waals surface area contributed by atoms with Crippen LogP contribution >= 0.6 is 0 Å². The minimum atomic E-state index is -2.34. The molecule has 6 fully saturated rings. The Bertz CT molecular complexity index is 3250. The van der Waals surface area contributed by atoms with Gasteiger partial charge in [0.25, 0.3) is 0 Å². The zero-order chi connectivity index (χ0) is 69.0. The summed E-state index contributed by atoms with van der Waals surface area (Å²) in [4.78, 5) is 102. The van der Waals surface area contributed by atoms with Crippen molar-refractivity contribution in [3.8, 4) is 0 Å². The fraction of sp³-hybridized carbons (Fsp3) is 0.697. The van der Waals surface area contributed by atoms with E-state index in [0.717, 1.165) is 49.4 Å². The van der Waals surface area contributed by atoms with Crippen LogP contribution in [0.3, 0.4) is 0 Å². The molecule has 0 radical (unpaired) electrons. The van der Waals surface area contributed by atoms with Crippen LogP contribution in [0.1, 0.15) is 195 Å². The van der Waals surface area contributed by atoms with Crippen molar-refractivity contribution in [1.29, 1.82) is 0 Å².